The minimum atomic E-state index is -1.13. The zero-order chi connectivity index (χ0) is 24.6. The molecule has 0 spiro atoms. The summed E-state index contributed by atoms with van der Waals surface area (Å²) in [4.78, 5) is 22.6. The molecular weight excluding hydrogens is 432 g/mol. The molecule has 0 fully saturated rings. The first-order valence-electron chi connectivity index (χ1n) is 9.96. The predicted molar refractivity (Wildman–Crippen MR) is 124 cm³/mol. The number of rotatable bonds is 6. The van der Waals surface area contributed by atoms with Crippen LogP contribution in [0, 0.1) is 13.8 Å². The molecule has 0 saturated heterocycles. The lowest BCUT2D eigenvalue weighted by molar-refractivity contribution is 0.0587. The Morgan fingerprint density at radius 3 is 1.69 bits per heavy atom. The van der Waals surface area contributed by atoms with Crippen LogP contribution in [-0.2, 0) is 9.47 Å². The van der Waals surface area contributed by atoms with E-state index in [-0.39, 0.29) is 28.4 Å². The molecule has 0 aliphatic rings. The van der Waals surface area contributed by atoms with Gasteiger partial charge in [0.05, 0.1) is 20.8 Å². The van der Waals surface area contributed by atoms with Gasteiger partial charge in [-0.15, -0.1) is 0 Å². The van der Waals surface area contributed by atoms with Crippen LogP contribution in [0.5, 0.6) is 23.0 Å². The van der Waals surface area contributed by atoms with Crippen molar-refractivity contribution < 1.29 is 39.1 Å². The molecule has 3 N–H and O–H groups in total. The molecule has 0 saturated carbocycles. The van der Waals surface area contributed by atoms with E-state index in [9.17, 15) is 19.8 Å². The number of aryl methyl sites for hydroxylation is 2. The number of esters is 2. The molecule has 176 valence electrons. The van der Waals surface area contributed by atoms with E-state index in [4.69, 9.17) is 9.84 Å². The van der Waals surface area contributed by atoms with Gasteiger partial charge in [0.1, 0.15) is 34.1 Å². The summed E-state index contributed by atoms with van der Waals surface area (Å²) in [5, 5.41) is 28.2. The number of phenols is 3. The zero-order valence-corrected chi connectivity index (χ0v) is 20.6. The molecule has 0 aliphatic heterocycles. The number of ether oxygens (including phenoxy) is 3. The van der Waals surface area contributed by atoms with Crippen LogP contribution in [0.2, 0.25) is 25.7 Å². The lowest BCUT2D eigenvalue weighted by atomic mass is 10.1. The van der Waals surface area contributed by atoms with E-state index in [1.54, 1.807) is 19.9 Å². The number of hydrogen-bond acceptors (Lipinski definition) is 8. The largest absolute Gasteiger partial charge is 0.508 e. The molecule has 2 aromatic rings. The maximum Gasteiger partial charge on any atom is 0.341 e. The minimum absolute atomic E-state index is 0.0809. The third-order valence-electron chi connectivity index (χ3n) is 4.49. The number of hydrogen-bond donors (Lipinski definition) is 3. The van der Waals surface area contributed by atoms with Crippen LogP contribution in [0.3, 0.4) is 0 Å². The fraction of sp³-hybridized carbons (Fsp3) is 0.391. The molecule has 0 bridgehead atoms. The number of benzene rings is 2. The zero-order valence-electron chi connectivity index (χ0n) is 19.6. The van der Waals surface area contributed by atoms with Gasteiger partial charge >= 0.3 is 11.9 Å². The van der Waals surface area contributed by atoms with Gasteiger partial charge in [0.25, 0.3) is 0 Å². The van der Waals surface area contributed by atoms with Crippen LogP contribution in [0.15, 0.2) is 24.3 Å². The van der Waals surface area contributed by atoms with Crippen molar-refractivity contribution in [2.45, 2.75) is 39.5 Å². The Balaban J connectivity index is 0.000000343. The summed E-state index contributed by atoms with van der Waals surface area (Å²) in [6.45, 7) is 10.8. The first kappa shape index (κ1) is 26.8. The maximum absolute atomic E-state index is 11.5. The van der Waals surface area contributed by atoms with Gasteiger partial charge in [-0.05, 0) is 43.2 Å². The molecule has 0 atom stereocenters. The number of methoxy groups -OCH3 is 2. The monoisotopic (exact) mass is 464 g/mol. The van der Waals surface area contributed by atoms with E-state index in [0.717, 1.165) is 12.1 Å². The van der Waals surface area contributed by atoms with Crippen LogP contribution in [0.25, 0.3) is 0 Å². The van der Waals surface area contributed by atoms with Crippen LogP contribution < -0.4 is 4.74 Å². The molecule has 0 radical (unpaired) electrons. The van der Waals surface area contributed by atoms with Crippen molar-refractivity contribution in [3.05, 3.63) is 46.5 Å². The quantitative estimate of drug-likeness (QED) is 0.425. The fourth-order valence-corrected chi connectivity index (χ4v) is 3.49. The van der Waals surface area contributed by atoms with Crippen molar-refractivity contribution in [2.24, 2.45) is 0 Å². The number of aromatic hydroxyl groups is 3. The van der Waals surface area contributed by atoms with Gasteiger partial charge in [-0.2, -0.15) is 0 Å². The number of phenolic OH excluding ortho intramolecular Hbond substituents is 3. The van der Waals surface area contributed by atoms with E-state index in [1.807, 2.05) is 0 Å². The first-order valence-corrected chi connectivity index (χ1v) is 13.7. The summed E-state index contributed by atoms with van der Waals surface area (Å²) in [7, 11) is 1.39. The molecule has 0 aliphatic carbocycles. The summed E-state index contributed by atoms with van der Waals surface area (Å²) < 4.78 is 14.7. The Kier molecular flexibility index (Phi) is 9.58. The van der Waals surface area contributed by atoms with Crippen molar-refractivity contribution in [1.82, 2.24) is 0 Å². The minimum Gasteiger partial charge on any atom is -0.508 e. The van der Waals surface area contributed by atoms with E-state index >= 15 is 0 Å². The molecule has 0 unspecified atom stereocenters. The SMILES string of the molecule is COC(=O)c1c(C)cc(O)cc1O.COC(=O)c1c(C)cc(OCC[Si](C)(C)C)cc1O. The van der Waals surface area contributed by atoms with E-state index in [1.165, 1.54) is 26.4 Å². The summed E-state index contributed by atoms with van der Waals surface area (Å²) in [6.07, 6.45) is 0. The van der Waals surface area contributed by atoms with Gasteiger partial charge in [0, 0.05) is 20.2 Å². The van der Waals surface area contributed by atoms with Gasteiger partial charge in [-0.25, -0.2) is 9.59 Å². The van der Waals surface area contributed by atoms with Crippen molar-refractivity contribution >= 4 is 20.0 Å². The second kappa shape index (κ2) is 11.4. The average Bonchev–Trinajstić information content (AvgIpc) is 2.65. The maximum atomic E-state index is 11.5. The molecule has 32 heavy (non-hydrogen) atoms. The predicted octanol–water partition coefficient (Wildman–Crippen LogP) is 4.40. The average molecular weight is 465 g/mol. The van der Waals surface area contributed by atoms with Crippen molar-refractivity contribution in [1.29, 1.82) is 0 Å². The molecule has 9 heteroatoms. The Hall–Kier alpha value is -3.20. The fourth-order valence-electron chi connectivity index (χ4n) is 2.78. The van der Waals surface area contributed by atoms with Crippen molar-refractivity contribution in [3.8, 4) is 23.0 Å². The van der Waals surface area contributed by atoms with Gasteiger partial charge in [0.15, 0.2) is 0 Å². The van der Waals surface area contributed by atoms with Crippen LogP contribution >= 0.6 is 0 Å². The molecule has 0 heterocycles. The lowest BCUT2D eigenvalue weighted by Crippen LogP contribution is -2.22. The van der Waals surface area contributed by atoms with E-state index in [2.05, 4.69) is 29.1 Å². The standard InChI is InChI=1S/C14H22O4Si.C9H10O4/c1-10-8-11(18-6-7-19(3,4)5)9-12(15)13(10)14(16)17-2;1-5-3-6(10)4-7(11)8(5)9(12)13-2/h8-9,15H,6-7H2,1-5H3;3-4,10-11H,1-2H3. The first-order chi connectivity index (χ1) is 14.8. The highest BCUT2D eigenvalue weighted by atomic mass is 28.3. The van der Waals surface area contributed by atoms with E-state index in [0.29, 0.717) is 23.5 Å². The normalized spacial score (nSPS) is 10.6. The third-order valence-corrected chi connectivity index (χ3v) is 6.19. The smallest absolute Gasteiger partial charge is 0.341 e. The lowest BCUT2D eigenvalue weighted by Gasteiger charge is -2.16. The highest BCUT2D eigenvalue weighted by molar-refractivity contribution is 6.76. The second-order valence-electron chi connectivity index (χ2n) is 8.43. The van der Waals surface area contributed by atoms with E-state index < -0.39 is 20.0 Å². The second-order valence-corrected chi connectivity index (χ2v) is 14.1. The van der Waals surface area contributed by atoms with Crippen molar-refractivity contribution in [2.75, 3.05) is 20.8 Å². The Bertz CT molecular complexity index is 917. The molecule has 2 aromatic carbocycles. The molecule has 0 aromatic heterocycles. The Morgan fingerprint density at radius 1 is 0.812 bits per heavy atom. The van der Waals surface area contributed by atoms with Gasteiger partial charge in [-0.1, -0.05) is 19.6 Å². The molecular formula is C23H32O8Si. The van der Waals surface area contributed by atoms with Gasteiger partial charge in [-0.3, -0.25) is 0 Å². The summed E-state index contributed by atoms with van der Waals surface area (Å²) in [5.41, 5.74) is 1.40. The molecule has 2 rings (SSSR count). The third kappa shape index (κ3) is 7.81. The summed E-state index contributed by atoms with van der Waals surface area (Å²) in [5.74, 6) is -1.03. The Morgan fingerprint density at radius 2 is 1.28 bits per heavy atom. The van der Waals surface area contributed by atoms with Crippen LogP contribution in [-0.4, -0.2) is 56.2 Å². The number of carbonyl (C=O) groups excluding carboxylic acids is 2. The van der Waals surface area contributed by atoms with Crippen molar-refractivity contribution in [3.63, 3.8) is 0 Å². The highest BCUT2D eigenvalue weighted by Gasteiger charge is 2.18. The summed E-state index contributed by atoms with van der Waals surface area (Å²) >= 11 is 0. The number of carbonyl (C=O) groups is 2. The van der Waals surface area contributed by atoms with Crippen LogP contribution in [0.1, 0.15) is 31.8 Å². The summed E-state index contributed by atoms with van der Waals surface area (Å²) in [6, 6.07) is 6.73. The van der Waals surface area contributed by atoms with Gasteiger partial charge in [0.2, 0.25) is 0 Å². The van der Waals surface area contributed by atoms with Gasteiger partial charge < -0.3 is 29.5 Å². The topological polar surface area (TPSA) is 123 Å². The highest BCUT2D eigenvalue weighted by Crippen LogP contribution is 2.29. The molecule has 8 nitrogen and oxygen atoms in total. The Labute approximate surface area is 189 Å². The molecule has 0 amide bonds. The van der Waals surface area contributed by atoms with Crippen LogP contribution in [0.4, 0.5) is 0 Å².